The van der Waals surface area contributed by atoms with Gasteiger partial charge in [0.15, 0.2) is 0 Å². The lowest BCUT2D eigenvalue weighted by molar-refractivity contribution is -0.166. The van der Waals surface area contributed by atoms with Gasteiger partial charge in [0.1, 0.15) is 11.5 Å². The molecule has 3 heterocycles. The number of aliphatic hydroxyl groups excluding tert-OH is 2. The molecule has 1 saturated heterocycles. The van der Waals surface area contributed by atoms with Gasteiger partial charge in [0.2, 0.25) is 12.6 Å². The van der Waals surface area contributed by atoms with Crippen molar-refractivity contribution in [3.8, 4) is 11.5 Å². The van der Waals surface area contributed by atoms with Crippen molar-refractivity contribution in [2.75, 3.05) is 5.75 Å². The van der Waals surface area contributed by atoms with Crippen molar-refractivity contribution in [2.24, 2.45) is 0 Å². The minimum absolute atomic E-state index is 0.0559. The van der Waals surface area contributed by atoms with Crippen LogP contribution in [0.5, 0.6) is 11.5 Å². The Morgan fingerprint density at radius 1 is 0.681 bits per heavy atom. The fraction of sp³-hybridized carbons (Fsp3) is 0.529. The second-order valence-electron chi connectivity index (χ2n) is 16.3. The number of hydrogen-bond acceptors (Lipinski definition) is 16. The Balaban J connectivity index is 0.000000489. The predicted molar refractivity (Wildman–Crippen MR) is 271 cm³/mol. The summed E-state index contributed by atoms with van der Waals surface area (Å²) < 4.78 is 20.6. The van der Waals surface area contributed by atoms with Crippen LogP contribution in [0, 0.1) is 13.8 Å². The standard InChI is InChI=1S/C31H44N2O6.C20H30N2O6S2/c1-4-5-6-7-8-9-10-11-12-13-14-15-16-17-18-19-20-21-29(35)38-26(3)39-31(37)33-23-28-27(24-34)22-32-25(2)30(28)36;1-13-18(25)16(15(12-23)10-21-13)11-22-19(26)28-14(2)27-17(24)6-4-5-7-20(3)8-9-29-30-20/h5-6,8-9,11-12,14-15,17-18,22,26,34,36H,4,7,10,13,16,19-21,23-24H2,1-3H3,(H,33,37);10,14,23,25H,4-9,11-12H2,1-3H3,(H,22,26)/b6-5-,9-8-,12-11-,15-14-,18-17-;/t;14?,20-/m.1/s1. The molecule has 69 heavy (non-hydrogen) atoms. The number of rotatable bonds is 28. The number of amides is 2. The van der Waals surface area contributed by atoms with Gasteiger partial charge < -0.3 is 50.0 Å². The van der Waals surface area contributed by atoms with Crippen LogP contribution in [0.4, 0.5) is 9.59 Å². The molecule has 1 fully saturated rings. The maximum Gasteiger partial charge on any atom is 0.410 e. The highest BCUT2D eigenvalue weighted by Crippen LogP contribution is 2.49. The number of carbonyl (C=O) groups excluding carboxylic acids is 4. The Morgan fingerprint density at radius 3 is 1.54 bits per heavy atom. The monoisotopic (exact) mass is 998 g/mol. The Morgan fingerprint density at radius 2 is 1.12 bits per heavy atom. The number of aryl methyl sites for hydroxylation is 2. The first kappa shape index (κ1) is 59.8. The van der Waals surface area contributed by atoms with Crippen molar-refractivity contribution in [3.05, 3.63) is 107 Å². The molecule has 0 saturated carbocycles. The Labute approximate surface area is 415 Å². The summed E-state index contributed by atoms with van der Waals surface area (Å²) in [5.41, 5.74) is 2.27. The van der Waals surface area contributed by atoms with Gasteiger partial charge in [0.25, 0.3) is 0 Å². The summed E-state index contributed by atoms with van der Waals surface area (Å²) in [7, 11) is 3.84. The molecule has 2 amide bonds. The van der Waals surface area contributed by atoms with Gasteiger partial charge in [0.05, 0.1) is 37.7 Å². The number of nitrogens with one attached hydrogen (secondary N) is 2. The number of allylic oxidation sites excluding steroid dienone is 10. The fourth-order valence-corrected chi connectivity index (χ4v) is 9.73. The minimum atomic E-state index is -1.06. The molecular formula is C51H74N4O12S2. The van der Waals surface area contributed by atoms with E-state index in [9.17, 15) is 39.6 Å². The van der Waals surface area contributed by atoms with E-state index in [0.717, 1.165) is 57.8 Å². The molecule has 382 valence electrons. The maximum atomic E-state index is 12.0. The van der Waals surface area contributed by atoms with Crippen molar-refractivity contribution in [3.63, 3.8) is 0 Å². The third kappa shape index (κ3) is 25.8. The van der Waals surface area contributed by atoms with Crippen LogP contribution in [0.1, 0.15) is 145 Å². The van der Waals surface area contributed by atoms with E-state index in [2.05, 4.69) is 89.1 Å². The molecule has 0 radical (unpaired) electrons. The smallest absolute Gasteiger partial charge is 0.410 e. The second-order valence-corrected chi connectivity index (χ2v) is 19.3. The molecule has 2 aromatic heterocycles. The summed E-state index contributed by atoms with van der Waals surface area (Å²) in [5.74, 6) is 0.132. The fourth-order valence-electron chi connectivity index (χ4n) is 6.43. The van der Waals surface area contributed by atoms with Gasteiger partial charge in [-0.1, -0.05) is 95.7 Å². The van der Waals surface area contributed by atoms with E-state index in [1.165, 1.54) is 38.4 Å². The van der Waals surface area contributed by atoms with Gasteiger partial charge in [-0.25, -0.2) is 9.59 Å². The van der Waals surface area contributed by atoms with Crippen molar-refractivity contribution in [1.82, 2.24) is 20.6 Å². The van der Waals surface area contributed by atoms with Crippen LogP contribution in [0.3, 0.4) is 0 Å². The number of aliphatic hydroxyl groups is 2. The van der Waals surface area contributed by atoms with E-state index in [1.807, 2.05) is 27.7 Å². The van der Waals surface area contributed by atoms with E-state index in [-0.39, 0.29) is 50.6 Å². The first-order valence-electron chi connectivity index (χ1n) is 23.5. The van der Waals surface area contributed by atoms with Crippen molar-refractivity contribution in [2.45, 2.75) is 169 Å². The number of aromatic hydroxyl groups is 2. The third-order valence-corrected chi connectivity index (χ3v) is 13.7. The number of esters is 2. The number of carbonyl (C=O) groups is 4. The molecule has 2 unspecified atom stereocenters. The van der Waals surface area contributed by atoms with Gasteiger partial charge in [-0.2, -0.15) is 0 Å². The molecule has 3 atom stereocenters. The third-order valence-electron chi connectivity index (χ3n) is 10.4. The molecular weight excluding hydrogens is 925 g/mol. The highest BCUT2D eigenvalue weighted by atomic mass is 33.1. The lowest BCUT2D eigenvalue weighted by Gasteiger charge is -2.21. The molecule has 16 nitrogen and oxygen atoms in total. The average molecular weight is 999 g/mol. The van der Waals surface area contributed by atoms with Crippen LogP contribution in [-0.2, 0) is 54.8 Å². The highest BCUT2D eigenvalue weighted by Gasteiger charge is 2.29. The predicted octanol–water partition coefficient (Wildman–Crippen LogP) is 10.4. The van der Waals surface area contributed by atoms with Gasteiger partial charge >= 0.3 is 24.1 Å². The van der Waals surface area contributed by atoms with E-state index >= 15 is 0 Å². The summed E-state index contributed by atoms with van der Waals surface area (Å²) in [6, 6.07) is 0. The minimum Gasteiger partial charge on any atom is -0.506 e. The zero-order chi connectivity index (χ0) is 50.9. The number of pyridine rings is 2. The zero-order valence-corrected chi connectivity index (χ0v) is 42.7. The number of unbranched alkanes of at least 4 members (excludes halogenated alkanes) is 2. The Bertz CT molecular complexity index is 2040. The SMILES string of the molecule is CC/C=C\C/C=C\C/C=C\C/C=C\C/C=C\CCCC(=O)OC(C)OC(=O)NCc1c(CO)cnc(C)c1O.Cc1ncc(CO)c(CNC(=O)OC(C)OC(=O)CCCC[C@]2(C)CCSS2)c1O. The molecule has 2 aromatic rings. The topological polar surface area (TPSA) is 236 Å². The summed E-state index contributed by atoms with van der Waals surface area (Å²) >= 11 is 0. The number of ether oxygens (including phenoxy) is 4. The van der Waals surface area contributed by atoms with E-state index in [4.69, 9.17) is 18.9 Å². The molecule has 1 aliphatic heterocycles. The first-order chi connectivity index (χ1) is 33.1. The van der Waals surface area contributed by atoms with Crippen LogP contribution in [0.15, 0.2) is 73.2 Å². The first-order valence-corrected chi connectivity index (χ1v) is 25.8. The van der Waals surface area contributed by atoms with Crippen LogP contribution < -0.4 is 10.6 Å². The van der Waals surface area contributed by atoms with E-state index in [1.54, 1.807) is 13.8 Å². The number of nitrogens with zero attached hydrogens (tertiary/aromatic N) is 2. The lowest BCUT2D eigenvalue weighted by atomic mass is 9.99. The average Bonchev–Trinajstić information content (AvgIpc) is 3.75. The largest absolute Gasteiger partial charge is 0.506 e. The Hall–Kier alpha value is -5.30. The van der Waals surface area contributed by atoms with Crippen molar-refractivity contribution >= 4 is 45.7 Å². The highest BCUT2D eigenvalue weighted by molar-refractivity contribution is 8.77. The summed E-state index contributed by atoms with van der Waals surface area (Å²) in [6.45, 7) is 9.77. The molecule has 6 N–H and O–H groups in total. The van der Waals surface area contributed by atoms with Crippen LogP contribution in [0.2, 0.25) is 0 Å². The molecule has 0 spiro atoms. The molecule has 1 aliphatic rings. The number of aromatic nitrogens is 2. The maximum absolute atomic E-state index is 12.0. The lowest BCUT2D eigenvalue weighted by Crippen LogP contribution is -2.30. The van der Waals surface area contributed by atoms with E-state index in [0.29, 0.717) is 44.8 Å². The summed E-state index contributed by atoms with van der Waals surface area (Å²) in [6.07, 6.45) is 31.2. The zero-order valence-electron chi connectivity index (χ0n) is 41.1. The van der Waals surface area contributed by atoms with Crippen molar-refractivity contribution < 1.29 is 58.6 Å². The van der Waals surface area contributed by atoms with Crippen molar-refractivity contribution in [1.29, 1.82) is 0 Å². The molecule has 18 heteroatoms. The van der Waals surface area contributed by atoms with Gasteiger partial charge in [-0.3, -0.25) is 19.6 Å². The molecule has 0 aliphatic carbocycles. The second kappa shape index (κ2) is 34.9. The van der Waals surface area contributed by atoms with Gasteiger partial charge in [-0.15, -0.1) is 0 Å². The van der Waals surface area contributed by atoms with Crippen LogP contribution in [0.25, 0.3) is 0 Å². The van der Waals surface area contributed by atoms with Gasteiger partial charge in [-0.05, 0) is 85.0 Å². The summed E-state index contributed by atoms with van der Waals surface area (Å²) in [5, 5.41) is 43.9. The van der Waals surface area contributed by atoms with Crippen LogP contribution >= 0.6 is 21.6 Å². The molecule has 0 bridgehead atoms. The quantitative estimate of drug-likeness (QED) is 0.0153. The molecule has 0 aromatic carbocycles. The normalized spacial score (nSPS) is 15.7. The van der Waals surface area contributed by atoms with Gasteiger partial charge in [0, 0.05) is 71.8 Å². The number of alkyl carbamates (subject to hydrolysis) is 2. The molecule has 3 rings (SSSR count). The van der Waals surface area contributed by atoms with E-state index < -0.39 is 36.7 Å². The summed E-state index contributed by atoms with van der Waals surface area (Å²) in [4.78, 5) is 55.8. The Kier molecular flexibility index (Phi) is 30.3. The van der Waals surface area contributed by atoms with Crippen LogP contribution in [-0.4, -0.2) is 77.6 Å². The number of hydrogen-bond donors (Lipinski definition) is 6.